The Hall–Kier alpha value is -1.04. The van der Waals surface area contributed by atoms with E-state index in [9.17, 15) is 14.2 Å². The lowest BCUT2D eigenvalue weighted by Gasteiger charge is -2.23. The minimum Gasteiger partial charge on any atom is -0.481 e. The molecule has 0 aromatic rings. The van der Waals surface area contributed by atoms with Gasteiger partial charge in [0, 0.05) is 6.54 Å². The molecule has 3 atom stereocenters. The Balaban J connectivity index is 5.11. The molecule has 15 heavy (non-hydrogen) atoms. The average molecular weight is 238 g/mol. The summed E-state index contributed by atoms with van der Waals surface area (Å²) in [6.07, 6.45) is -0.703. The van der Waals surface area contributed by atoms with Crippen molar-refractivity contribution in [3.63, 3.8) is 0 Å². The van der Waals surface area contributed by atoms with Crippen molar-refractivity contribution in [1.82, 2.24) is 0 Å². The van der Waals surface area contributed by atoms with E-state index in [1.54, 1.807) is 0 Å². The first-order valence-corrected chi connectivity index (χ1v) is 5.34. The van der Waals surface area contributed by atoms with E-state index in [-0.39, 0.29) is 0 Å². The topological polar surface area (TPSA) is 138 Å². The van der Waals surface area contributed by atoms with Gasteiger partial charge in [-0.2, -0.15) is 4.89 Å². The molecule has 0 saturated carbocycles. The second kappa shape index (κ2) is 5.16. The van der Waals surface area contributed by atoms with Crippen molar-refractivity contribution in [2.24, 2.45) is 11.1 Å². The maximum Gasteiger partial charge on any atom is 0.510 e. The number of aliphatic carboxylic acids is 2. The standard InChI is InChI=1S/C7H12NO6P/c1-7(3-8,6(11)12)4(15(13)14)2-5(9)10/h4H,2-3,8H2,1H3,(H2-,9,10,11,12,13,14)/p+1. The number of carboxylic acid groups (broad SMARTS) is 2. The molecule has 3 unspecified atom stereocenters. The van der Waals surface area contributed by atoms with Gasteiger partial charge in [0.2, 0.25) is 5.66 Å². The van der Waals surface area contributed by atoms with Crippen molar-refractivity contribution in [2.75, 3.05) is 6.54 Å². The molecule has 0 aliphatic carbocycles. The molecule has 86 valence electrons. The van der Waals surface area contributed by atoms with Gasteiger partial charge < -0.3 is 15.9 Å². The molecule has 0 bridgehead atoms. The molecule has 0 fully saturated rings. The van der Waals surface area contributed by atoms with Gasteiger partial charge in [-0.3, -0.25) is 9.59 Å². The van der Waals surface area contributed by atoms with Crippen LogP contribution in [0.4, 0.5) is 0 Å². The summed E-state index contributed by atoms with van der Waals surface area (Å²) < 4.78 is 10.9. The molecule has 0 aromatic carbocycles. The molecule has 0 heterocycles. The van der Waals surface area contributed by atoms with Crippen molar-refractivity contribution >= 4 is 20.0 Å². The summed E-state index contributed by atoms with van der Waals surface area (Å²) in [5, 5.41) is 17.4. The monoisotopic (exact) mass is 238 g/mol. The maximum absolute atomic E-state index is 10.9. The fraction of sp³-hybridized carbons (Fsp3) is 0.714. The number of hydrogen-bond acceptors (Lipinski definition) is 4. The van der Waals surface area contributed by atoms with E-state index < -0.39 is 44.0 Å². The fourth-order valence-corrected chi connectivity index (χ4v) is 2.09. The number of rotatable bonds is 6. The molecule has 0 rings (SSSR count). The molecule has 0 amide bonds. The summed E-state index contributed by atoms with van der Waals surface area (Å²) in [6, 6.07) is 0. The van der Waals surface area contributed by atoms with E-state index >= 15 is 0 Å². The van der Waals surface area contributed by atoms with Gasteiger partial charge >= 0.3 is 20.0 Å². The number of carboxylic acids is 2. The Bertz CT molecular complexity index is 293. The summed E-state index contributed by atoms with van der Waals surface area (Å²) in [7, 11) is -2.91. The highest BCUT2D eigenvalue weighted by Gasteiger charge is 2.52. The minimum atomic E-state index is -2.91. The van der Waals surface area contributed by atoms with Gasteiger partial charge in [0.05, 0.1) is 6.42 Å². The Morgan fingerprint density at radius 1 is 1.47 bits per heavy atom. The predicted molar refractivity (Wildman–Crippen MR) is 50.7 cm³/mol. The van der Waals surface area contributed by atoms with Crippen molar-refractivity contribution < 1.29 is 29.3 Å². The first-order valence-electron chi connectivity index (χ1n) is 4.06. The maximum atomic E-state index is 10.9. The largest absolute Gasteiger partial charge is 0.510 e. The molecule has 0 aliphatic rings. The van der Waals surface area contributed by atoms with E-state index in [2.05, 4.69) is 0 Å². The van der Waals surface area contributed by atoms with Gasteiger partial charge in [0.15, 0.2) is 0 Å². The highest BCUT2D eigenvalue weighted by atomic mass is 31.1. The zero-order valence-electron chi connectivity index (χ0n) is 8.08. The van der Waals surface area contributed by atoms with Gasteiger partial charge in [-0.1, -0.05) is 0 Å². The Labute approximate surface area is 86.8 Å². The van der Waals surface area contributed by atoms with Crippen molar-refractivity contribution in [3.05, 3.63) is 0 Å². The number of hydrogen-bond donors (Lipinski definition) is 4. The van der Waals surface area contributed by atoms with Crippen molar-refractivity contribution in [2.45, 2.75) is 19.0 Å². The van der Waals surface area contributed by atoms with Crippen LogP contribution in [-0.4, -0.2) is 39.2 Å². The second-order valence-electron chi connectivity index (χ2n) is 3.34. The van der Waals surface area contributed by atoms with Crippen LogP contribution in [0.1, 0.15) is 13.3 Å². The third kappa shape index (κ3) is 3.23. The molecule has 0 saturated heterocycles. The van der Waals surface area contributed by atoms with Crippen LogP contribution in [0, 0.1) is 5.41 Å². The van der Waals surface area contributed by atoms with Gasteiger partial charge in [-0.05, 0) is 11.5 Å². The summed E-state index contributed by atoms with van der Waals surface area (Å²) in [6.45, 7) is 0.758. The molecular formula is C7H13NO6P+. The first kappa shape index (κ1) is 14.0. The smallest absolute Gasteiger partial charge is 0.481 e. The van der Waals surface area contributed by atoms with Crippen LogP contribution in [0.15, 0.2) is 0 Å². The van der Waals surface area contributed by atoms with Crippen molar-refractivity contribution in [1.29, 1.82) is 0 Å². The highest BCUT2D eigenvalue weighted by molar-refractivity contribution is 7.39. The lowest BCUT2D eigenvalue weighted by molar-refractivity contribution is -0.148. The summed E-state index contributed by atoms with van der Waals surface area (Å²) in [5.41, 5.74) is 2.11. The molecule has 0 radical (unpaired) electrons. The number of carbonyl (C=O) groups is 2. The normalized spacial score (nSPS) is 17.7. The third-order valence-electron chi connectivity index (χ3n) is 2.28. The second-order valence-corrected chi connectivity index (χ2v) is 4.57. The van der Waals surface area contributed by atoms with Crippen LogP contribution in [0.5, 0.6) is 0 Å². The molecule has 5 N–H and O–H groups in total. The van der Waals surface area contributed by atoms with E-state index in [1.807, 2.05) is 0 Å². The zero-order chi connectivity index (χ0) is 12.2. The third-order valence-corrected chi connectivity index (χ3v) is 3.57. The SMILES string of the molecule is CC(CN)(C(=O)O)C(CC(=O)O)[P+](=O)O. The van der Waals surface area contributed by atoms with Gasteiger partial charge in [-0.15, -0.1) is 0 Å². The first-order chi connectivity index (χ1) is 6.75. The van der Waals surface area contributed by atoms with Crippen LogP contribution in [0.2, 0.25) is 0 Å². The van der Waals surface area contributed by atoms with Crippen LogP contribution in [-0.2, 0) is 14.2 Å². The van der Waals surface area contributed by atoms with E-state index in [1.165, 1.54) is 0 Å². The van der Waals surface area contributed by atoms with E-state index in [4.69, 9.17) is 20.8 Å². The van der Waals surface area contributed by atoms with Gasteiger partial charge in [0.25, 0.3) is 0 Å². The predicted octanol–water partition coefficient (Wildman–Crippen LogP) is -0.386. The quantitative estimate of drug-likeness (QED) is 0.462. The fourth-order valence-electron chi connectivity index (χ4n) is 1.08. The molecule has 0 aromatic heterocycles. The summed E-state index contributed by atoms with van der Waals surface area (Å²) in [5.74, 6) is -2.72. The molecule has 0 aliphatic heterocycles. The lowest BCUT2D eigenvalue weighted by atomic mass is 9.85. The highest BCUT2D eigenvalue weighted by Crippen LogP contribution is 2.39. The molecular weight excluding hydrogens is 225 g/mol. The summed E-state index contributed by atoms with van der Waals surface area (Å²) in [4.78, 5) is 30.2. The number of nitrogens with two attached hydrogens (primary N) is 1. The zero-order valence-corrected chi connectivity index (χ0v) is 8.98. The van der Waals surface area contributed by atoms with Crippen LogP contribution in [0.25, 0.3) is 0 Å². The summed E-state index contributed by atoms with van der Waals surface area (Å²) >= 11 is 0. The lowest BCUT2D eigenvalue weighted by Crippen LogP contribution is -2.45. The Morgan fingerprint density at radius 2 is 1.93 bits per heavy atom. The van der Waals surface area contributed by atoms with E-state index in [0.717, 1.165) is 6.92 Å². The molecule has 7 nitrogen and oxygen atoms in total. The Morgan fingerprint density at radius 3 is 2.13 bits per heavy atom. The van der Waals surface area contributed by atoms with Crippen LogP contribution in [0.3, 0.4) is 0 Å². The van der Waals surface area contributed by atoms with Crippen LogP contribution < -0.4 is 5.73 Å². The van der Waals surface area contributed by atoms with Crippen LogP contribution >= 0.6 is 8.03 Å². The van der Waals surface area contributed by atoms with Gasteiger partial charge in [0.1, 0.15) is 5.41 Å². The minimum absolute atomic E-state index is 0.401. The Kier molecular flexibility index (Phi) is 4.80. The van der Waals surface area contributed by atoms with E-state index in [0.29, 0.717) is 0 Å². The molecule has 8 heteroatoms. The average Bonchev–Trinajstić information content (AvgIpc) is 2.12. The molecule has 0 spiro atoms. The van der Waals surface area contributed by atoms with Gasteiger partial charge in [-0.25, -0.2) is 0 Å². The van der Waals surface area contributed by atoms with Crippen molar-refractivity contribution in [3.8, 4) is 0 Å².